The Bertz CT molecular complexity index is 1370. The van der Waals surface area contributed by atoms with Crippen LogP contribution in [-0.2, 0) is 14.4 Å². The molecule has 40 heavy (non-hydrogen) atoms. The van der Waals surface area contributed by atoms with Crippen LogP contribution in [-0.4, -0.2) is 52.4 Å². The number of hydrogen-bond acceptors (Lipinski definition) is 5. The number of nitrogens with one attached hydrogen (secondary N) is 2. The summed E-state index contributed by atoms with van der Waals surface area (Å²) >= 11 is 0. The highest BCUT2D eigenvalue weighted by Crippen LogP contribution is 2.32. The Morgan fingerprint density at radius 2 is 1.82 bits per heavy atom. The maximum Gasteiger partial charge on any atom is 0.471 e. The third-order valence-electron chi connectivity index (χ3n) is 6.62. The Balaban J connectivity index is 1.96. The number of carbonyl (C=O) groups is 3. The smallest absolute Gasteiger partial charge is 0.336 e. The number of amides is 3. The van der Waals surface area contributed by atoms with Crippen LogP contribution in [0.3, 0.4) is 0 Å². The Labute approximate surface area is 229 Å². The van der Waals surface area contributed by atoms with Crippen LogP contribution in [0.5, 0.6) is 0 Å². The van der Waals surface area contributed by atoms with E-state index in [0.29, 0.717) is 5.39 Å². The SMILES string of the molecule is CC(C)=C[C@@H]1C[C@@H](C(=O)NC(C#N)c2cncc3cccc(F)c23)N(C(=O)[C@@H](NC(=O)C(F)(F)F)C(C)(C)C)C1. The molecule has 3 amide bonds. The lowest BCUT2D eigenvalue weighted by atomic mass is 9.85. The molecule has 2 N–H and O–H groups in total. The molecule has 0 radical (unpaired) electrons. The van der Waals surface area contributed by atoms with E-state index in [9.17, 15) is 37.2 Å². The van der Waals surface area contributed by atoms with Gasteiger partial charge in [-0.15, -0.1) is 0 Å². The summed E-state index contributed by atoms with van der Waals surface area (Å²) in [6, 6.07) is 2.15. The first-order valence-corrected chi connectivity index (χ1v) is 12.6. The minimum Gasteiger partial charge on any atom is -0.336 e. The van der Waals surface area contributed by atoms with Gasteiger partial charge in [0, 0.05) is 35.3 Å². The highest BCUT2D eigenvalue weighted by Gasteiger charge is 2.48. The predicted octanol–water partition coefficient (Wildman–Crippen LogP) is 4.33. The number of hydrogen-bond donors (Lipinski definition) is 2. The number of nitrogens with zero attached hydrogens (tertiary/aromatic N) is 3. The van der Waals surface area contributed by atoms with Crippen LogP contribution < -0.4 is 10.6 Å². The highest BCUT2D eigenvalue weighted by atomic mass is 19.4. The number of likely N-dealkylation sites (tertiary alicyclic amines) is 1. The molecule has 214 valence electrons. The molecule has 0 aliphatic carbocycles. The zero-order chi connectivity index (χ0) is 30.0. The summed E-state index contributed by atoms with van der Waals surface area (Å²) in [5.41, 5.74) is -0.105. The minimum atomic E-state index is -5.21. The summed E-state index contributed by atoms with van der Waals surface area (Å²) < 4.78 is 53.9. The minimum absolute atomic E-state index is 0.0121. The van der Waals surface area contributed by atoms with E-state index in [1.807, 2.05) is 26.0 Å². The van der Waals surface area contributed by atoms with E-state index in [0.717, 1.165) is 10.5 Å². The van der Waals surface area contributed by atoms with Crippen LogP contribution in [0, 0.1) is 28.5 Å². The number of nitriles is 1. The standard InChI is InChI=1S/C28H31F4N5O3/c1-15(2)9-16-10-21(37(14-16)25(39)23(27(3,4)5)36-26(40)28(30,31)32)24(38)35-20(11-33)18-13-34-12-17-7-6-8-19(29)22(17)18/h6-9,12-13,16,20-21,23H,10,14H2,1-5H3,(H,35,38)(H,36,40)/t16-,20?,21+,23-/m1/s1. The van der Waals surface area contributed by atoms with Crippen molar-refractivity contribution in [1.82, 2.24) is 20.5 Å². The number of benzene rings is 1. The third-order valence-corrected chi connectivity index (χ3v) is 6.62. The molecule has 2 aromatic rings. The van der Waals surface area contributed by atoms with Crippen LogP contribution in [0.15, 0.2) is 42.2 Å². The largest absolute Gasteiger partial charge is 0.471 e. The normalized spacial score (nSPS) is 18.9. The zero-order valence-electron chi connectivity index (χ0n) is 22.8. The second-order valence-electron chi connectivity index (χ2n) is 11.2. The van der Waals surface area contributed by atoms with Crippen molar-refractivity contribution in [2.24, 2.45) is 11.3 Å². The lowest BCUT2D eigenvalue weighted by Crippen LogP contribution is -2.59. The van der Waals surface area contributed by atoms with Crippen molar-refractivity contribution in [3.8, 4) is 6.07 Å². The van der Waals surface area contributed by atoms with E-state index in [1.165, 1.54) is 45.3 Å². The van der Waals surface area contributed by atoms with Crippen molar-refractivity contribution < 1.29 is 31.9 Å². The fourth-order valence-corrected chi connectivity index (χ4v) is 4.83. The topological polar surface area (TPSA) is 115 Å². The van der Waals surface area contributed by atoms with E-state index < -0.39 is 53.3 Å². The van der Waals surface area contributed by atoms with E-state index in [4.69, 9.17) is 0 Å². The zero-order valence-corrected chi connectivity index (χ0v) is 22.8. The summed E-state index contributed by atoms with van der Waals surface area (Å²) in [7, 11) is 0. The van der Waals surface area contributed by atoms with E-state index in [1.54, 1.807) is 11.4 Å². The van der Waals surface area contributed by atoms with E-state index in [2.05, 4.69) is 10.3 Å². The molecule has 1 aromatic carbocycles. The first-order chi connectivity index (χ1) is 18.5. The lowest BCUT2D eigenvalue weighted by Gasteiger charge is -2.35. The Morgan fingerprint density at radius 1 is 1.15 bits per heavy atom. The number of rotatable bonds is 6. The van der Waals surface area contributed by atoms with Crippen molar-refractivity contribution in [3.05, 3.63) is 53.6 Å². The molecular formula is C28H31F4N5O3. The Hall–Kier alpha value is -4.01. The summed E-state index contributed by atoms with van der Waals surface area (Å²) in [4.78, 5) is 44.2. The van der Waals surface area contributed by atoms with Gasteiger partial charge in [0.05, 0.1) is 6.07 Å². The van der Waals surface area contributed by atoms with Gasteiger partial charge in [-0.2, -0.15) is 18.4 Å². The van der Waals surface area contributed by atoms with Gasteiger partial charge in [-0.3, -0.25) is 19.4 Å². The van der Waals surface area contributed by atoms with Crippen LogP contribution in [0.25, 0.3) is 10.8 Å². The average Bonchev–Trinajstić information content (AvgIpc) is 3.27. The highest BCUT2D eigenvalue weighted by molar-refractivity contribution is 5.94. The molecule has 4 atom stereocenters. The fourth-order valence-electron chi connectivity index (χ4n) is 4.83. The molecule has 1 saturated heterocycles. The van der Waals surface area contributed by atoms with E-state index in [-0.39, 0.29) is 29.8 Å². The van der Waals surface area contributed by atoms with Crippen molar-refractivity contribution in [2.75, 3.05) is 6.54 Å². The fraction of sp³-hybridized carbons (Fsp3) is 0.464. The molecule has 0 spiro atoms. The van der Waals surface area contributed by atoms with Gasteiger partial charge >= 0.3 is 12.1 Å². The second kappa shape index (κ2) is 11.6. The van der Waals surface area contributed by atoms with Crippen molar-refractivity contribution >= 4 is 28.5 Å². The van der Waals surface area contributed by atoms with E-state index >= 15 is 0 Å². The number of halogens is 4. The molecule has 1 aliphatic heterocycles. The quantitative estimate of drug-likeness (QED) is 0.403. The van der Waals surface area contributed by atoms with Gasteiger partial charge in [-0.1, -0.05) is 44.6 Å². The third kappa shape index (κ3) is 6.76. The summed E-state index contributed by atoms with van der Waals surface area (Å²) in [6.45, 7) is 8.16. The molecule has 3 rings (SSSR count). The summed E-state index contributed by atoms with van der Waals surface area (Å²) in [5, 5.41) is 14.7. The molecule has 0 bridgehead atoms. The van der Waals surface area contributed by atoms with Gasteiger partial charge in [0.15, 0.2) is 0 Å². The lowest BCUT2D eigenvalue weighted by molar-refractivity contribution is -0.176. The van der Waals surface area contributed by atoms with Crippen LogP contribution in [0.2, 0.25) is 0 Å². The average molecular weight is 562 g/mol. The number of allylic oxidation sites excluding steroid dienone is 1. The monoisotopic (exact) mass is 561 g/mol. The maximum absolute atomic E-state index is 14.7. The Kier molecular flexibility index (Phi) is 8.87. The molecule has 12 heteroatoms. The maximum atomic E-state index is 14.7. The molecule has 8 nitrogen and oxygen atoms in total. The molecule has 1 aromatic heterocycles. The Morgan fingerprint density at radius 3 is 2.40 bits per heavy atom. The number of aromatic nitrogens is 1. The molecule has 2 heterocycles. The first kappa shape index (κ1) is 30.5. The van der Waals surface area contributed by atoms with Gasteiger partial charge in [0.2, 0.25) is 11.8 Å². The number of pyridine rings is 1. The molecular weight excluding hydrogens is 530 g/mol. The molecule has 1 fully saturated rings. The van der Waals surface area contributed by atoms with Gasteiger partial charge in [-0.05, 0) is 37.7 Å². The van der Waals surface area contributed by atoms with Gasteiger partial charge in [0.1, 0.15) is 23.9 Å². The van der Waals surface area contributed by atoms with Gasteiger partial charge < -0.3 is 15.5 Å². The van der Waals surface area contributed by atoms with Crippen molar-refractivity contribution in [2.45, 2.75) is 65.3 Å². The first-order valence-electron chi connectivity index (χ1n) is 12.6. The number of carbonyl (C=O) groups excluding carboxylic acids is 3. The van der Waals surface area contributed by atoms with Crippen LogP contribution in [0.4, 0.5) is 17.6 Å². The summed E-state index contributed by atoms with van der Waals surface area (Å²) in [6.07, 6.45) is -0.544. The van der Waals surface area contributed by atoms with Crippen LogP contribution in [0.1, 0.15) is 52.6 Å². The number of fused-ring (bicyclic) bond motifs is 1. The number of alkyl halides is 3. The molecule has 1 unspecified atom stereocenters. The van der Waals surface area contributed by atoms with Gasteiger partial charge in [0.25, 0.3) is 0 Å². The van der Waals surface area contributed by atoms with Crippen molar-refractivity contribution in [3.63, 3.8) is 0 Å². The summed E-state index contributed by atoms with van der Waals surface area (Å²) in [5.74, 6) is -4.79. The second-order valence-corrected chi connectivity index (χ2v) is 11.2. The van der Waals surface area contributed by atoms with Crippen molar-refractivity contribution in [1.29, 1.82) is 5.26 Å². The molecule has 0 saturated carbocycles. The van der Waals surface area contributed by atoms with Gasteiger partial charge in [-0.25, -0.2) is 4.39 Å². The van der Waals surface area contributed by atoms with Crippen LogP contribution >= 0.6 is 0 Å². The predicted molar refractivity (Wildman–Crippen MR) is 139 cm³/mol. The molecule has 1 aliphatic rings.